The molecule has 1 amide bonds. The summed E-state index contributed by atoms with van der Waals surface area (Å²) in [4.78, 5) is 28.9. The molecule has 1 N–H and O–H groups in total. The second-order valence-electron chi connectivity index (χ2n) is 5.60. The van der Waals surface area contributed by atoms with E-state index in [-0.39, 0.29) is 12.7 Å². The molecule has 132 valence electrons. The van der Waals surface area contributed by atoms with Crippen LogP contribution in [0, 0.1) is 13.8 Å². The van der Waals surface area contributed by atoms with Crippen LogP contribution in [0.5, 0.6) is 11.5 Å². The number of thiazole rings is 1. The fraction of sp³-hybridized carbons (Fsp3) is 0.353. The van der Waals surface area contributed by atoms with E-state index in [4.69, 9.17) is 14.2 Å². The number of carbonyl (C=O) groups excluding carboxylic acids is 2. The maximum Gasteiger partial charge on any atom is 0.351 e. The lowest BCUT2D eigenvalue weighted by molar-refractivity contribution is -0.129. The van der Waals surface area contributed by atoms with Gasteiger partial charge in [0.2, 0.25) is 6.79 Å². The SMILES string of the molecule is Cc1nc(C)c(C(=O)OC(C)C(=O)NCc2ccc3c(c2)OCO3)s1. The van der Waals surface area contributed by atoms with Gasteiger partial charge in [-0.2, -0.15) is 0 Å². The normalized spacial score (nSPS) is 13.4. The Balaban J connectivity index is 1.54. The van der Waals surface area contributed by atoms with E-state index < -0.39 is 12.1 Å². The molecule has 1 aliphatic rings. The minimum atomic E-state index is -0.900. The van der Waals surface area contributed by atoms with Crippen LogP contribution in [0.3, 0.4) is 0 Å². The maximum atomic E-state index is 12.2. The fourth-order valence-corrected chi connectivity index (χ4v) is 3.17. The highest BCUT2D eigenvalue weighted by molar-refractivity contribution is 7.13. The molecule has 1 aliphatic heterocycles. The summed E-state index contributed by atoms with van der Waals surface area (Å²) in [5.74, 6) is 0.439. The Kier molecular flexibility index (Phi) is 4.89. The molecule has 2 heterocycles. The third-order valence-corrected chi connectivity index (χ3v) is 4.70. The van der Waals surface area contributed by atoms with Crippen molar-refractivity contribution >= 4 is 23.2 Å². The summed E-state index contributed by atoms with van der Waals surface area (Å²) in [5.41, 5.74) is 1.48. The molecule has 7 nitrogen and oxygen atoms in total. The molecule has 3 rings (SSSR count). The van der Waals surface area contributed by atoms with Crippen LogP contribution in [0.15, 0.2) is 18.2 Å². The third kappa shape index (κ3) is 3.90. The molecule has 1 aromatic heterocycles. The van der Waals surface area contributed by atoms with E-state index in [2.05, 4.69) is 10.3 Å². The Morgan fingerprint density at radius 3 is 2.80 bits per heavy atom. The van der Waals surface area contributed by atoms with Gasteiger partial charge in [0.15, 0.2) is 17.6 Å². The number of benzene rings is 1. The summed E-state index contributed by atoms with van der Waals surface area (Å²) in [6, 6.07) is 5.44. The highest BCUT2D eigenvalue weighted by Gasteiger charge is 2.22. The number of amides is 1. The number of carbonyl (C=O) groups is 2. The Morgan fingerprint density at radius 1 is 1.32 bits per heavy atom. The van der Waals surface area contributed by atoms with Gasteiger partial charge in [-0.1, -0.05) is 6.07 Å². The average Bonchev–Trinajstić information content (AvgIpc) is 3.17. The lowest BCUT2D eigenvalue weighted by Gasteiger charge is -2.13. The van der Waals surface area contributed by atoms with Crippen LogP contribution in [-0.4, -0.2) is 29.8 Å². The largest absolute Gasteiger partial charge is 0.454 e. The van der Waals surface area contributed by atoms with Crippen LogP contribution in [-0.2, 0) is 16.1 Å². The second-order valence-corrected chi connectivity index (χ2v) is 6.80. The molecule has 0 spiro atoms. The van der Waals surface area contributed by atoms with Crippen LogP contribution in [0.1, 0.15) is 32.9 Å². The van der Waals surface area contributed by atoms with Gasteiger partial charge in [0.05, 0.1) is 10.7 Å². The Bertz CT molecular complexity index is 817. The molecule has 0 bridgehead atoms. The van der Waals surface area contributed by atoms with Gasteiger partial charge in [0.1, 0.15) is 4.88 Å². The van der Waals surface area contributed by atoms with Crippen molar-refractivity contribution in [3.05, 3.63) is 39.3 Å². The Morgan fingerprint density at radius 2 is 2.08 bits per heavy atom. The zero-order valence-corrected chi connectivity index (χ0v) is 14.9. The molecule has 0 aliphatic carbocycles. The molecule has 1 aromatic carbocycles. The van der Waals surface area contributed by atoms with Crippen LogP contribution in [0.4, 0.5) is 0 Å². The average molecular weight is 362 g/mol. The molecular weight excluding hydrogens is 344 g/mol. The Hall–Kier alpha value is -2.61. The summed E-state index contributed by atoms with van der Waals surface area (Å²) in [6.07, 6.45) is -0.900. The van der Waals surface area contributed by atoms with Gasteiger partial charge in [-0.15, -0.1) is 11.3 Å². The van der Waals surface area contributed by atoms with Crippen LogP contribution in [0.2, 0.25) is 0 Å². The number of esters is 1. The first-order chi connectivity index (χ1) is 11.9. The summed E-state index contributed by atoms with van der Waals surface area (Å²) >= 11 is 1.25. The molecule has 0 fully saturated rings. The lowest BCUT2D eigenvalue weighted by atomic mass is 10.2. The number of fused-ring (bicyclic) bond motifs is 1. The number of ether oxygens (including phenoxy) is 3. The topological polar surface area (TPSA) is 86.8 Å². The molecule has 1 atom stereocenters. The predicted molar refractivity (Wildman–Crippen MR) is 90.9 cm³/mol. The van der Waals surface area contributed by atoms with Crippen molar-refractivity contribution in [2.24, 2.45) is 0 Å². The van der Waals surface area contributed by atoms with Crippen LogP contribution >= 0.6 is 11.3 Å². The van der Waals surface area contributed by atoms with E-state index in [1.54, 1.807) is 13.0 Å². The monoisotopic (exact) mass is 362 g/mol. The van der Waals surface area contributed by atoms with Crippen molar-refractivity contribution in [2.45, 2.75) is 33.4 Å². The van der Waals surface area contributed by atoms with Gasteiger partial charge in [-0.3, -0.25) is 4.79 Å². The quantitative estimate of drug-likeness (QED) is 0.822. The second kappa shape index (κ2) is 7.10. The minimum absolute atomic E-state index is 0.203. The number of aromatic nitrogens is 1. The first-order valence-electron chi connectivity index (χ1n) is 7.75. The number of nitrogens with one attached hydrogen (secondary N) is 1. The van der Waals surface area contributed by atoms with E-state index in [0.29, 0.717) is 28.6 Å². The molecule has 25 heavy (non-hydrogen) atoms. The van der Waals surface area contributed by atoms with Gasteiger partial charge in [0, 0.05) is 6.54 Å². The van der Waals surface area contributed by atoms with Crippen molar-refractivity contribution in [2.75, 3.05) is 6.79 Å². The third-order valence-electron chi connectivity index (χ3n) is 3.65. The standard InChI is InChI=1S/C17H18N2O5S/c1-9-15(25-11(3)19-9)17(21)24-10(2)16(20)18-7-12-4-5-13-14(6-12)23-8-22-13/h4-6,10H,7-8H2,1-3H3,(H,18,20). The smallest absolute Gasteiger partial charge is 0.351 e. The number of hydrogen-bond acceptors (Lipinski definition) is 7. The van der Waals surface area contributed by atoms with Crippen molar-refractivity contribution in [3.8, 4) is 11.5 Å². The summed E-state index contributed by atoms with van der Waals surface area (Å²) < 4.78 is 15.8. The first-order valence-corrected chi connectivity index (χ1v) is 8.57. The summed E-state index contributed by atoms with van der Waals surface area (Å²) in [7, 11) is 0. The van der Waals surface area contributed by atoms with Gasteiger partial charge in [0.25, 0.3) is 5.91 Å². The van der Waals surface area contributed by atoms with Gasteiger partial charge >= 0.3 is 5.97 Å². The molecular formula is C17H18N2O5S. The molecule has 2 aromatic rings. The summed E-state index contributed by atoms with van der Waals surface area (Å²) in [6.45, 7) is 5.60. The van der Waals surface area contributed by atoms with E-state index >= 15 is 0 Å². The van der Waals surface area contributed by atoms with Crippen molar-refractivity contribution in [1.82, 2.24) is 10.3 Å². The Labute approximate surface area is 148 Å². The highest BCUT2D eigenvalue weighted by atomic mass is 32.1. The first kappa shape index (κ1) is 17.2. The molecule has 0 radical (unpaired) electrons. The van der Waals surface area contributed by atoms with Crippen molar-refractivity contribution < 1.29 is 23.8 Å². The van der Waals surface area contributed by atoms with Gasteiger partial charge < -0.3 is 19.5 Å². The zero-order valence-electron chi connectivity index (χ0n) is 14.1. The van der Waals surface area contributed by atoms with E-state index in [1.807, 2.05) is 19.1 Å². The summed E-state index contributed by atoms with van der Waals surface area (Å²) in [5, 5.41) is 3.52. The number of nitrogens with zero attached hydrogens (tertiary/aromatic N) is 1. The fourth-order valence-electron chi connectivity index (χ4n) is 2.37. The lowest BCUT2D eigenvalue weighted by Crippen LogP contribution is -2.35. The van der Waals surface area contributed by atoms with Crippen molar-refractivity contribution in [1.29, 1.82) is 0 Å². The highest BCUT2D eigenvalue weighted by Crippen LogP contribution is 2.32. The number of hydrogen-bond donors (Lipinski definition) is 1. The molecule has 0 saturated carbocycles. The molecule has 1 unspecified atom stereocenters. The number of rotatable bonds is 5. The van der Waals surface area contributed by atoms with E-state index in [9.17, 15) is 9.59 Å². The number of aryl methyl sites for hydroxylation is 2. The minimum Gasteiger partial charge on any atom is -0.454 e. The van der Waals surface area contributed by atoms with Crippen LogP contribution in [0.25, 0.3) is 0 Å². The van der Waals surface area contributed by atoms with Crippen LogP contribution < -0.4 is 14.8 Å². The van der Waals surface area contributed by atoms with E-state index in [1.165, 1.54) is 18.3 Å². The molecule has 8 heteroatoms. The van der Waals surface area contributed by atoms with Gasteiger partial charge in [-0.25, -0.2) is 9.78 Å². The van der Waals surface area contributed by atoms with Gasteiger partial charge in [-0.05, 0) is 38.5 Å². The predicted octanol–water partition coefficient (Wildman–Crippen LogP) is 2.35. The maximum absolute atomic E-state index is 12.2. The molecule has 0 saturated heterocycles. The van der Waals surface area contributed by atoms with E-state index in [0.717, 1.165) is 10.6 Å². The zero-order chi connectivity index (χ0) is 18.0. The van der Waals surface area contributed by atoms with Crippen molar-refractivity contribution in [3.63, 3.8) is 0 Å².